The van der Waals surface area contributed by atoms with Gasteiger partial charge in [0.05, 0.1) is 16.4 Å². The Morgan fingerprint density at radius 3 is 2.76 bits per heavy atom. The number of hydrogen-bond donors (Lipinski definition) is 0. The number of halogens is 2. The van der Waals surface area contributed by atoms with Gasteiger partial charge in [-0.05, 0) is 44.4 Å². The highest BCUT2D eigenvalue weighted by Gasteiger charge is 2.26. The number of nitrogens with zero attached hydrogens (tertiary/aromatic N) is 2. The van der Waals surface area contributed by atoms with E-state index in [9.17, 15) is 0 Å². The molecule has 1 aliphatic rings. The van der Waals surface area contributed by atoms with Gasteiger partial charge in [0.2, 0.25) is 0 Å². The molecule has 1 aromatic heterocycles. The Hall–Kier alpha value is -0.730. The van der Waals surface area contributed by atoms with E-state index in [2.05, 4.69) is 9.55 Å². The van der Waals surface area contributed by atoms with Crippen LogP contribution in [0.4, 0.5) is 0 Å². The van der Waals surface area contributed by atoms with Gasteiger partial charge in [0.25, 0.3) is 0 Å². The molecule has 0 radical (unpaired) electrons. The Bertz CT molecular complexity index is 556. The summed E-state index contributed by atoms with van der Waals surface area (Å²) in [7, 11) is 0. The highest BCUT2D eigenvalue weighted by molar-refractivity contribution is 6.31. The van der Waals surface area contributed by atoms with Gasteiger partial charge in [-0.25, -0.2) is 4.98 Å². The van der Waals surface area contributed by atoms with Crippen LogP contribution in [0.15, 0.2) is 18.2 Å². The molecule has 1 aromatic carbocycles. The van der Waals surface area contributed by atoms with E-state index in [1.54, 1.807) is 0 Å². The summed E-state index contributed by atoms with van der Waals surface area (Å²) in [5.41, 5.74) is 2.11. The SMILES string of the molecule is CC(Cl)c1nc2cc(Cl)ccc2n1C1CCC1. The van der Waals surface area contributed by atoms with Crippen molar-refractivity contribution in [3.63, 3.8) is 0 Å². The normalized spacial score (nSPS) is 18.3. The van der Waals surface area contributed by atoms with Crippen molar-refractivity contribution in [3.05, 3.63) is 29.0 Å². The van der Waals surface area contributed by atoms with E-state index in [1.807, 2.05) is 25.1 Å². The standard InChI is InChI=1S/C13H14Cl2N2/c1-8(14)13-16-11-7-9(15)5-6-12(11)17(13)10-3-2-4-10/h5-8,10H,2-4H2,1H3. The lowest BCUT2D eigenvalue weighted by atomic mass is 9.92. The van der Waals surface area contributed by atoms with Crippen LogP contribution < -0.4 is 0 Å². The fourth-order valence-corrected chi connectivity index (χ4v) is 2.72. The summed E-state index contributed by atoms with van der Waals surface area (Å²) in [5.74, 6) is 0.966. The molecule has 2 nitrogen and oxygen atoms in total. The smallest absolute Gasteiger partial charge is 0.127 e. The average Bonchev–Trinajstić information content (AvgIpc) is 2.54. The molecule has 1 atom stereocenters. The monoisotopic (exact) mass is 268 g/mol. The predicted octanol–water partition coefficient (Wildman–Crippen LogP) is 4.71. The van der Waals surface area contributed by atoms with Crippen LogP contribution in [0.2, 0.25) is 5.02 Å². The molecule has 0 amide bonds. The molecule has 4 heteroatoms. The number of imidazole rings is 1. The minimum absolute atomic E-state index is 0.0678. The van der Waals surface area contributed by atoms with E-state index in [0.29, 0.717) is 6.04 Å². The molecule has 2 aromatic rings. The van der Waals surface area contributed by atoms with Crippen LogP contribution in [0.25, 0.3) is 11.0 Å². The van der Waals surface area contributed by atoms with Crippen LogP contribution in [-0.2, 0) is 0 Å². The molecule has 90 valence electrons. The van der Waals surface area contributed by atoms with Crippen LogP contribution in [0.3, 0.4) is 0 Å². The number of rotatable bonds is 2. The van der Waals surface area contributed by atoms with E-state index < -0.39 is 0 Å². The number of alkyl halides is 1. The van der Waals surface area contributed by atoms with Crippen molar-refractivity contribution in [3.8, 4) is 0 Å². The maximum absolute atomic E-state index is 6.23. The van der Waals surface area contributed by atoms with Crippen LogP contribution in [0.1, 0.15) is 43.4 Å². The molecule has 1 heterocycles. The largest absolute Gasteiger partial charge is 0.324 e. The summed E-state index contributed by atoms with van der Waals surface area (Å²) < 4.78 is 2.30. The van der Waals surface area contributed by atoms with Crippen molar-refractivity contribution in [1.29, 1.82) is 0 Å². The molecular weight excluding hydrogens is 255 g/mol. The van der Waals surface area contributed by atoms with Crippen molar-refractivity contribution in [1.82, 2.24) is 9.55 Å². The van der Waals surface area contributed by atoms with Gasteiger partial charge in [0.15, 0.2) is 0 Å². The molecule has 0 spiro atoms. The summed E-state index contributed by atoms with van der Waals surface area (Å²) in [5, 5.41) is 0.659. The highest BCUT2D eigenvalue weighted by Crippen LogP contribution is 2.38. The topological polar surface area (TPSA) is 17.8 Å². The van der Waals surface area contributed by atoms with E-state index in [1.165, 1.54) is 19.3 Å². The number of fused-ring (bicyclic) bond motifs is 1. The minimum atomic E-state index is -0.0678. The molecular formula is C13H14Cl2N2. The van der Waals surface area contributed by atoms with E-state index in [0.717, 1.165) is 21.9 Å². The van der Waals surface area contributed by atoms with Crippen molar-refractivity contribution in [2.24, 2.45) is 0 Å². The Morgan fingerprint density at radius 1 is 1.41 bits per heavy atom. The summed E-state index contributed by atoms with van der Waals surface area (Å²) in [6, 6.07) is 6.45. The van der Waals surface area contributed by atoms with Crippen LogP contribution >= 0.6 is 23.2 Å². The molecule has 0 saturated heterocycles. The fourth-order valence-electron chi connectivity index (χ4n) is 2.40. The van der Waals surface area contributed by atoms with E-state index >= 15 is 0 Å². The first-order valence-corrected chi connectivity index (χ1v) is 6.79. The number of aromatic nitrogens is 2. The van der Waals surface area contributed by atoms with Crippen LogP contribution in [0.5, 0.6) is 0 Å². The first-order chi connectivity index (χ1) is 8.16. The molecule has 0 bridgehead atoms. The number of hydrogen-bond acceptors (Lipinski definition) is 1. The summed E-state index contributed by atoms with van der Waals surface area (Å²) >= 11 is 12.2. The third kappa shape index (κ3) is 1.84. The van der Waals surface area contributed by atoms with Gasteiger partial charge < -0.3 is 4.57 Å². The average molecular weight is 269 g/mol. The third-order valence-electron chi connectivity index (χ3n) is 3.47. The molecule has 1 unspecified atom stereocenters. The zero-order valence-electron chi connectivity index (χ0n) is 9.66. The Labute approximate surface area is 111 Å². The van der Waals surface area contributed by atoms with Crippen molar-refractivity contribution >= 4 is 34.2 Å². The molecule has 0 N–H and O–H groups in total. The van der Waals surface area contributed by atoms with Crippen molar-refractivity contribution in [2.75, 3.05) is 0 Å². The van der Waals surface area contributed by atoms with Gasteiger partial charge in [0.1, 0.15) is 5.82 Å². The fraction of sp³-hybridized carbons (Fsp3) is 0.462. The van der Waals surface area contributed by atoms with Gasteiger partial charge in [-0.1, -0.05) is 11.6 Å². The molecule has 0 aliphatic heterocycles. The van der Waals surface area contributed by atoms with Gasteiger partial charge in [-0.3, -0.25) is 0 Å². The lowest BCUT2D eigenvalue weighted by Crippen LogP contribution is -2.19. The Balaban J connectivity index is 2.23. The predicted molar refractivity (Wildman–Crippen MR) is 71.9 cm³/mol. The number of benzene rings is 1. The van der Waals surface area contributed by atoms with Gasteiger partial charge in [-0.15, -0.1) is 11.6 Å². The molecule has 1 aliphatic carbocycles. The Morgan fingerprint density at radius 2 is 2.18 bits per heavy atom. The molecule has 3 rings (SSSR count). The van der Waals surface area contributed by atoms with Crippen LogP contribution in [0, 0.1) is 0 Å². The lowest BCUT2D eigenvalue weighted by molar-refractivity contribution is 0.313. The zero-order chi connectivity index (χ0) is 12.0. The molecule has 17 heavy (non-hydrogen) atoms. The summed E-state index contributed by atoms with van der Waals surface area (Å²) in [6.45, 7) is 1.97. The molecule has 1 fully saturated rings. The minimum Gasteiger partial charge on any atom is -0.324 e. The third-order valence-corrected chi connectivity index (χ3v) is 3.90. The highest BCUT2D eigenvalue weighted by atomic mass is 35.5. The van der Waals surface area contributed by atoms with E-state index in [-0.39, 0.29) is 5.38 Å². The maximum atomic E-state index is 6.23. The Kier molecular flexibility index (Phi) is 2.80. The second-order valence-electron chi connectivity index (χ2n) is 4.67. The van der Waals surface area contributed by atoms with Gasteiger partial charge in [-0.2, -0.15) is 0 Å². The van der Waals surface area contributed by atoms with Crippen LogP contribution in [-0.4, -0.2) is 9.55 Å². The first-order valence-electron chi connectivity index (χ1n) is 5.98. The first kappa shape index (κ1) is 11.4. The summed E-state index contributed by atoms with van der Waals surface area (Å²) in [6.07, 6.45) is 3.75. The second kappa shape index (κ2) is 4.18. The van der Waals surface area contributed by atoms with E-state index in [4.69, 9.17) is 23.2 Å². The van der Waals surface area contributed by atoms with Crippen molar-refractivity contribution < 1.29 is 0 Å². The second-order valence-corrected chi connectivity index (χ2v) is 5.76. The molecule has 1 saturated carbocycles. The summed E-state index contributed by atoms with van der Waals surface area (Å²) in [4.78, 5) is 4.62. The quantitative estimate of drug-likeness (QED) is 0.721. The van der Waals surface area contributed by atoms with Gasteiger partial charge >= 0.3 is 0 Å². The van der Waals surface area contributed by atoms with Gasteiger partial charge in [0, 0.05) is 11.1 Å². The maximum Gasteiger partial charge on any atom is 0.127 e. The van der Waals surface area contributed by atoms with Crippen molar-refractivity contribution in [2.45, 2.75) is 37.6 Å². The lowest BCUT2D eigenvalue weighted by Gasteiger charge is -2.29. The zero-order valence-corrected chi connectivity index (χ0v) is 11.2.